The molecule has 174 valence electrons. The Balaban J connectivity index is 1.72. The van der Waals surface area contributed by atoms with Gasteiger partial charge in [-0.3, -0.25) is 9.36 Å². The molecule has 0 radical (unpaired) electrons. The minimum absolute atomic E-state index is 0.0861. The molecule has 0 bridgehead atoms. The van der Waals surface area contributed by atoms with Crippen LogP contribution in [0.4, 0.5) is 5.69 Å². The van der Waals surface area contributed by atoms with Crippen molar-refractivity contribution in [3.63, 3.8) is 0 Å². The van der Waals surface area contributed by atoms with Crippen LogP contribution in [-0.2, 0) is 17.8 Å². The maximum absolute atomic E-state index is 12.7. The van der Waals surface area contributed by atoms with Gasteiger partial charge >= 0.3 is 0 Å². The molecule has 3 aromatic rings. The number of allylic oxidation sites excluding steroid dienone is 1. The highest BCUT2D eigenvalue weighted by Crippen LogP contribution is 2.31. The normalized spacial score (nSPS) is 11.6. The van der Waals surface area contributed by atoms with Crippen LogP contribution in [-0.4, -0.2) is 33.5 Å². The lowest BCUT2D eigenvalue weighted by atomic mass is 10.1. The lowest BCUT2D eigenvalue weighted by molar-refractivity contribution is -0.113. The summed E-state index contributed by atoms with van der Waals surface area (Å²) in [6.07, 6.45) is 2.25. The number of nitrogens with one attached hydrogen (secondary N) is 1. The summed E-state index contributed by atoms with van der Waals surface area (Å²) in [5, 5.41) is 12.3. The largest absolute Gasteiger partial charge is 0.493 e. The van der Waals surface area contributed by atoms with Gasteiger partial charge in [0.15, 0.2) is 28.6 Å². The van der Waals surface area contributed by atoms with Gasteiger partial charge in [-0.15, -0.1) is 16.8 Å². The number of hydrogen-bond donors (Lipinski definition) is 1. The highest BCUT2D eigenvalue weighted by Gasteiger charge is 2.21. The van der Waals surface area contributed by atoms with Crippen molar-refractivity contribution in [2.24, 2.45) is 0 Å². The zero-order chi connectivity index (χ0) is 23.8. The number of carbonyl (C=O) groups is 1. The molecule has 1 atom stereocenters. The van der Waals surface area contributed by atoms with Gasteiger partial charge in [0.2, 0.25) is 5.91 Å². The van der Waals surface area contributed by atoms with Crippen LogP contribution in [0.5, 0.6) is 11.5 Å². The number of rotatable bonds is 11. The molecule has 8 heteroatoms. The summed E-state index contributed by atoms with van der Waals surface area (Å²) in [7, 11) is 1.60. The number of ether oxygens (including phenoxy) is 2. The predicted octanol–water partition coefficient (Wildman–Crippen LogP) is 5.21. The summed E-state index contributed by atoms with van der Waals surface area (Å²) >= 11 is 1.34. The van der Waals surface area contributed by atoms with E-state index in [1.807, 2.05) is 60.9 Å². The van der Waals surface area contributed by atoms with Crippen LogP contribution in [0.25, 0.3) is 0 Å². The summed E-state index contributed by atoms with van der Waals surface area (Å²) in [6.45, 7) is 10.3. The summed E-state index contributed by atoms with van der Waals surface area (Å²) in [5.41, 5.74) is 3.05. The first-order valence-electron chi connectivity index (χ1n) is 10.8. The van der Waals surface area contributed by atoms with Crippen molar-refractivity contribution >= 4 is 23.4 Å². The summed E-state index contributed by atoms with van der Waals surface area (Å²) in [6, 6.07) is 13.5. The third-order valence-corrected chi connectivity index (χ3v) is 6.10. The molecule has 0 aliphatic carbocycles. The molecule has 0 spiro atoms. The number of benzene rings is 2. The monoisotopic (exact) mass is 466 g/mol. The van der Waals surface area contributed by atoms with Gasteiger partial charge in [0.25, 0.3) is 0 Å². The molecule has 1 N–H and O–H groups in total. The third-order valence-electron chi connectivity index (χ3n) is 5.13. The number of aryl methyl sites for hydroxylation is 2. The fraction of sp³-hybridized carbons (Fsp3) is 0.320. The third kappa shape index (κ3) is 5.96. The Bertz CT molecular complexity index is 1110. The van der Waals surface area contributed by atoms with E-state index >= 15 is 0 Å². The Hall–Kier alpha value is -3.26. The van der Waals surface area contributed by atoms with Gasteiger partial charge in [-0.2, -0.15) is 0 Å². The summed E-state index contributed by atoms with van der Waals surface area (Å²) in [5.74, 6) is 2.05. The second kappa shape index (κ2) is 11.6. The lowest BCUT2D eigenvalue weighted by Gasteiger charge is -2.17. The number of anilines is 1. The number of para-hydroxylation sites is 3. The van der Waals surface area contributed by atoms with Crippen molar-refractivity contribution < 1.29 is 14.3 Å². The second-order valence-corrected chi connectivity index (χ2v) is 8.39. The van der Waals surface area contributed by atoms with Crippen LogP contribution in [0, 0.1) is 6.92 Å². The van der Waals surface area contributed by atoms with E-state index in [0.29, 0.717) is 29.0 Å². The fourth-order valence-corrected chi connectivity index (χ4v) is 4.23. The molecule has 1 aromatic heterocycles. The maximum Gasteiger partial charge on any atom is 0.234 e. The minimum Gasteiger partial charge on any atom is -0.493 e. The predicted molar refractivity (Wildman–Crippen MR) is 132 cm³/mol. The first-order chi connectivity index (χ1) is 16.0. The van der Waals surface area contributed by atoms with Crippen LogP contribution < -0.4 is 14.8 Å². The fourth-order valence-electron chi connectivity index (χ4n) is 3.48. The maximum atomic E-state index is 12.7. The smallest absolute Gasteiger partial charge is 0.234 e. The number of thioether (sulfide) groups is 1. The quantitative estimate of drug-likeness (QED) is 0.309. The molecule has 1 heterocycles. The number of methoxy groups -OCH3 is 1. The number of nitrogens with zero attached hydrogens (tertiary/aromatic N) is 3. The minimum atomic E-state index is -0.379. The molecule has 1 amide bonds. The topological polar surface area (TPSA) is 78.3 Å². The van der Waals surface area contributed by atoms with Crippen molar-refractivity contribution in [1.29, 1.82) is 0 Å². The molecule has 0 saturated heterocycles. The van der Waals surface area contributed by atoms with E-state index in [1.165, 1.54) is 11.8 Å². The first kappa shape index (κ1) is 24.4. The van der Waals surface area contributed by atoms with E-state index in [2.05, 4.69) is 29.0 Å². The summed E-state index contributed by atoms with van der Waals surface area (Å²) < 4.78 is 13.4. The van der Waals surface area contributed by atoms with E-state index in [-0.39, 0.29) is 17.8 Å². The van der Waals surface area contributed by atoms with Gasteiger partial charge < -0.3 is 14.8 Å². The van der Waals surface area contributed by atoms with Crippen LogP contribution in [0.1, 0.15) is 36.9 Å². The number of aromatic nitrogens is 3. The number of hydrogen-bond acceptors (Lipinski definition) is 6. The van der Waals surface area contributed by atoms with E-state index < -0.39 is 0 Å². The van der Waals surface area contributed by atoms with E-state index in [9.17, 15) is 4.79 Å². The molecule has 2 aromatic carbocycles. The highest BCUT2D eigenvalue weighted by atomic mass is 32.2. The Morgan fingerprint density at radius 2 is 1.97 bits per heavy atom. The highest BCUT2D eigenvalue weighted by molar-refractivity contribution is 7.99. The average Bonchev–Trinajstić information content (AvgIpc) is 3.22. The standard InChI is InChI=1S/C25H30N4O3S/c1-6-15-29-24(18(4)32-21-14-9-8-13-20(21)31-5)27-28-25(29)33-16-22(30)26-23-17(3)11-10-12-19(23)7-2/h6,8-14,18H,1,7,15-16H2,2-5H3,(H,26,30). The van der Waals surface area contributed by atoms with Crippen LogP contribution in [0.15, 0.2) is 60.3 Å². The molecule has 33 heavy (non-hydrogen) atoms. The zero-order valence-electron chi connectivity index (χ0n) is 19.5. The SMILES string of the molecule is C=CCn1c(SCC(=O)Nc2c(C)cccc2CC)nnc1C(C)Oc1ccccc1OC. The Labute approximate surface area is 199 Å². The average molecular weight is 467 g/mol. The van der Waals surface area contributed by atoms with Gasteiger partial charge in [0.05, 0.1) is 12.9 Å². The van der Waals surface area contributed by atoms with Gasteiger partial charge in [-0.1, -0.05) is 55.1 Å². The van der Waals surface area contributed by atoms with Crippen LogP contribution >= 0.6 is 11.8 Å². The van der Waals surface area contributed by atoms with Crippen molar-refractivity contribution in [2.45, 2.75) is 45.0 Å². The second-order valence-electron chi connectivity index (χ2n) is 7.45. The molecular formula is C25H30N4O3S. The van der Waals surface area contributed by atoms with Crippen molar-refractivity contribution in [1.82, 2.24) is 14.8 Å². The molecular weight excluding hydrogens is 436 g/mol. The van der Waals surface area contributed by atoms with Crippen molar-refractivity contribution in [3.8, 4) is 11.5 Å². The van der Waals surface area contributed by atoms with E-state index in [1.54, 1.807) is 13.2 Å². The molecule has 1 unspecified atom stereocenters. The van der Waals surface area contributed by atoms with E-state index in [0.717, 1.165) is 23.2 Å². The first-order valence-corrected chi connectivity index (χ1v) is 11.8. The van der Waals surface area contributed by atoms with Gasteiger partial charge in [-0.05, 0) is 43.5 Å². The number of amides is 1. The van der Waals surface area contributed by atoms with Gasteiger partial charge in [0.1, 0.15) is 0 Å². The molecule has 7 nitrogen and oxygen atoms in total. The lowest BCUT2D eigenvalue weighted by Crippen LogP contribution is -2.17. The Kier molecular flexibility index (Phi) is 8.54. The molecule has 0 aliphatic rings. The van der Waals surface area contributed by atoms with Gasteiger partial charge in [-0.25, -0.2) is 0 Å². The van der Waals surface area contributed by atoms with Crippen molar-refractivity contribution in [2.75, 3.05) is 18.2 Å². The number of carbonyl (C=O) groups excluding carboxylic acids is 1. The summed E-state index contributed by atoms with van der Waals surface area (Å²) in [4.78, 5) is 12.7. The van der Waals surface area contributed by atoms with E-state index in [4.69, 9.17) is 9.47 Å². The van der Waals surface area contributed by atoms with Crippen LogP contribution in [0.3, 0.4) is 0 Å². The molecule has 0 aliphatic heterocycles. The Morgan fingerprint density at radius 1 is 1.21 bits per heavy atom. The van der Waals surface area contributed by atoms with Gasteiger partial charge in [0, 0.05) is 12.2 Å². The molecule has 0 saturated carbocycles. The van der Waals surface area contributed by atoms with Crippen LogP contribution in [0.2, 0.25) is 0 Å². The zero-order valence-corrected chi connectivity index (χ0v) is 20.3. The molecule has 3 rings (SSSR count). The van der Waals surface area contributed by atoms with Crippen molar-refractivity contribution in [3.05, 3.63) is 72.1 Å². The molecule has 0 fully saturated rings. The Morgan fingerprint density at radius 3 is 2.67 bits per heavy atom.